The Morgan fingerprint density at radius 3 is 2.52 bits per heavy atom. The molecule has 1 fully saturated rings. The molecule has 4 heteroatoms. The van der Waals surface area contributed by atoms with Crippen molar-refractivity contribution in [3.8, 4) is 0 Å². The van der Waals surface area contributed by atoms with E-state index >= 15 is 0 Å². The van der Waals surface area contributed by atoms with Gasteiger partial charge in [0, 0.05) is 25.7 Å². The summed E-state index contributed by atoms with van der Waals surface area (Å²) in [5.74, 6) is 0.264. The minimum absolute atomic E-state index is 0.151. The molecule has 0 amide bonds. The highest BCUT2D eigenvalue weighted by atomic mass is 16.5. The number of hydrogen-bond acceptors (Lipinski definition) is 4. The average Bonchev–Trinajstić information content (AvgIpc) is 2.86. The quantitative estimate of drug-likeness (QED) is 0.775. The summed E-state index contributed by atoms with van der Waals surface area (Å²) in [6.07, 6.45) is 0. The molecule has 4 nitrogen and oxygen atoms in total. The van der Waals surface area contributed by atoms with Crippen LogP contribution >= 0.6 is 0 Å². The molecule has 21 heavy (non-hydrogen) atoms. The maximum atomic E-state index is 12.1. The Labute approximate surface area is 127 Å². The lowest BCUT2D eigenvalue weighted by Gasteiger charge is -2.24. The van der Waals surface area contributed by atoms with E-state index in [2.05, 4.69) is 30.8 Å². The Hall–Kier alpha value is -1.39. The van der Waals surface area contributed by atoms with Gasteiger partial charge in [-0.05, 0) is 25.6 Å². The fraction of sp³-hybridized carbons (Fsp3) is 0.588. The molecule has 1 saturated heterocycles. The molecular weight excluding hydrogens is 264 g/mol. The van der Waals surface area contributed by atoms with E-state index in [9.17, 15) is 4.79 Å². The van der Waals surface area contributed by atoms with Crippen LogP contribution in [0.4, 0.5) is 0 Å². The van der Waals surface area contributed by atoms with Crippen molar-refractivity contribution in [2.75, 3.05) is 40.8 Å². The normalized spacial score (nSPS) is 24.2. The average molecular weight is 290 g/mol. The molecule has 0 spiro atoms. The van der Waals surface area contributed by atoms with E-state index < -0.39 is 0 Å². The molecular formula is C17H26N2O2. The minimum atomic E-state index is -0.204. The van der Waals surface area contributed by atoms with Crippen LogP contribution in [0.5, 0.6) is 0 Å². The molecule has 3 unspecified atom stereocenters. The zero-order chi connectivity index (χ0) is 15.4. The molecule has 0 aliphatic carbocycles. The van der Waals surface area contributed by atoms with Crippen molar-refractivity contribution in [1.29, 1.82) is 0 Å². The van der Waals surface area contributed by atoms with Crippen LogP contribution in [0.25, 0.3) is 0 Å². The van der Waals surface area contributed by atoms with Crippen molar-refractivity contribution in [2.45, 2.75) is 18.9 Å². The van der Waals surface area contributed by atoms with E-state index in [0.29, 0.717) is 12.0 Å². The lowest BCUT2D eigenvalue weighted by atomic mass is 9.99. The first-order valence-electron chi connectivity index (χ1n) is 7.54. The standard InChI is InChI=1S/C17H26N2O2/c1-13-10-19(12-16(13)18(2)3)11-15(17(20)21-4)14-8-6-5-7-9-14/h5-9,13,15-16H,10-12H2,1-4H3. The number of carbonyl (C=O) groups is 1. The fourth-order valence-electron chi connectivity index (χ4n) is 3.27. The number of likely N-dealkylation sites (tertiary alicyclic amines) is 1. The van der Waals surface area contributed by atoms with E-state index in [1.807, 2.05) is 30.3 Å². The summed E-state index contributed by atoms with van der Waals surface area (Å²) >= 11 is 0. The van der Waals surface area contributed by atoms with Gasteiger partial charge in [-0.25, -0.2) is 0 Å². The van der Waals surface area contributed by atoms with Gasteiger partial charge in [-0.1, -0.05) is 37.3 Å². The number of benzene rings is 1. The first kappa shape index (κ1) is 16.0. The lowest BCUT2D eigenvalue weighted by Crippen LogP contribution is -2.36. The van der Waals surface area contributed by atoms with E-state index in [1.54, 1.807) is 0 Å². The summed E-state index contributed by atoms with van der Waals surface area (Å²) in [6.45, 7) is 5.05. The topological polar surface area (TPSA) is 32.8 Å². The number of esters is 1. The van der Waals surface area contributed by atoms with Crippen LogP contribution in [-0.2, 0) is 9.53 Å². The molecule has 0 saturated carbocycles. The van der Waals surface area contributed by atoms with Gasteiger partial charge in [0.25, 0.3) is 0 Å². The summed E-state index contributed by atoms with van der Waals surface area (Å²) in [5.41, 5.74) is 1.03. The summed E-state index contributed by atoms with van der Waals surface area (Å²) < 4.78 is 5.00. The smallest absolute Gasteiger partial charge is 0.314 e. The molecule has 3 atom stereocenters. The summed E-state index contributed by atoms with van der Waals surface area (Å²) in [6, 6.07) is 10.5. The number of nitrogens with zero attached hydrogens (tertiary/aromatic N) is 2. The molecule has 1 aliphatic heterocycles. The Kier molecular flexibility index (Phi) is 5.37. The van der Waals surface area contributed by atoms with Crippen LogP contribution in [-0.4, -0.2) is 62.7 Å². The van der Waals surface area contributed by atoms with E-state index in [4.69, 9.17) is 4.74 Å². The molecule has 0 bridgehead atoms. The summed E-state index contributed by atoms with van der Waals surface area (Å²) in [7, 11) is 5.72. The zero-order valence-electron chi connectivity index (χ0n) is 13.5. The van der Waals surface area contributed by atoms with Crippen LogP contribution in [0, 0.1) is 5.92 Å². The second-order valence-electron chi connectivity index (χ2n) is 6.21. The highest BCUT2D eigenvalue weighted by Gasteiger charge is 2.34. The maximum absolute atomic E-state index is 12.1. The van der Waals surface area contributed by atoms with Gasteiger partial charge in [-0.15, -0.1) is 0 Å². The van der Waals surface area contributed by atoms with E-state index in [1.165, 1.54) is 7.11 Å². The number of carbonyl (C=O) groups excluding carboxylic acids is 1. The maximum Gasteiger partial charge on any atom is 0.314 e. The Morgan fingerprint density at radius 1 is 1.33 bits per heavy atom. The number of rotatable bonds is 5. The van der Waals surface area contributed by atoms with Crippen molar-refractivity contribution in [3.63, 3.8) is 0 Å². The molecule has 1 aromatic carbocycles. The van der Waals surface area contributed by atoms with E-state index in [-0.39, 0.29) is 11.9 Å². The Balaban J connectivity index is 2.09. The van der Waals surface area contributed by atoms with Crippen LogP contribution in [0.1, 0.15) is 18.4 Å². The fourth-order valence-corrected chi connectivity index (χ4v) is 3.27. The number of methoxy groups -OCH3 is 1. The van der Waals surface area contributed by atoms with Gasteiger partial charge >= 0.3 is 5.97 Å². The van der Waals surface area contributed by atoms with E-state index in [0.717, 1.165) is 25.2 Å². The molecule has 1 heterocycles. The lowest BCUT2D eigenvalue weighted by molar-refractivity contribution is -0.142. The van der Waals surface area contributed by atoms with Gasteiger partial charge in [-0.3, -0.25) is 4.79 Å². The minimum Gasteiger partial charge on any atom is -0.469 e. The van der Waals surface area contributed by atoms with Crippen molar-refractivity contribution in [1.82, 2.24) is 9.80 Å². The highest BCUT2D eigenvalue weighted by Crippen LogP contribution is 2.25. The molecule has 1 aromatic rings. The highest BCUT2D eigenvalue weighted by molar-refractivity contribution is 5.78. The van der Waals surface area contributed by atoms with Crippen LogP contribution in [0.2, 0.25) is 0 Å². The van der Waals surface area contributed by atoms with Gasteiger partial charge < -0.3 is 14.5 Å². The number of ether oxygens (including phenoxy) is 1. The first-order chi connectivity index (χ1) is 10.0. The largest absolute Gasteiger partial charge is 0.469 e. The second kappa shape index (κ2) is 7.05. The Bertz CT molecular complexity index is 461. The monoisotopic (exact) mass is 290 g/mol. The van der Waals surface area contributed by atoms with Gasteiger partial charge in [0.15, 0.2) is 0 Å². The molecule has 116 valence electrons. The van der Waals surface area contributed by atoms with Crippen LogP contribution < -0.4 is 0 Å². The molecule has 1 aliphatic rings. The van der Waals surface area contributed by atoms with Crippen molar-refractivity contribution >= 4 is 5.97 Å². The van der Waals surface area contributed by atoms with Gasteiger partial charge in [0.2, 0.25) is 0 Å². The van der Waals surface area contributed by atoms with Crippen molar-refractivity contribution in [2.24, 2.45) is 5.92 Å². The third-order valence-electron chi connectivity index (χ3n) is 4.44. The number of hydrogen-bond donors (Lipinski definition) is 0. The predicted molar refractivity (Wildman–Crippen MR) is 84.3 cm³/mol. The van der Waals surface area contributed by atoms with Crippen molar-refractivity contribution < 1.29 is 9.53 Å². The molecule has 0 aromatic heterocycles. The molecule has 0 N–H and O–H groups in total. The van der Waals surface area contributed by atoms with Gasteiger partial charge in [0.1, 0.15) is 0 Å². The second-order valence-corrected chi connectivity index (χ2v) is 6.21. The van der Waals surface area contributed by atoms with Gasteiger partial charge in [-0.2, -0.15) is 0 Å². The summed E-state index contributed by atoms with van der Waals surface area (Å²) in [5, 5.41) is 0. The van der Waals surface area contributed by atoms with Gasteiger partial charge in [0.05, 0.1) is 13.0 Å². The molecule has 2 rings (SSSR count). The SMILES string of the molecule is COC(=O)C(CN1CC(C)C(N(C)C)C1)c1ccccc1. The first-order valence-corrected chi connectivity index (χ1v) is 7.54. The molecule has 0 radical (unpaired) electrons. The number of likely N-dealkylation sites (N-methyl/N-ethyl adjacent to an activating group) is 1. The zero-order valence-corrected chi connectivity index (χ0v) is 13.5. The third kappa shape index (κ3) is 3.83. The third-order valence-corrected chi connectivity index (χ3v) is 4.44. The predicted octanol–water partition coefficient (Wildman–Crippen LogP) is 1.83. The van der Waals surface area contributed by atoms with Crippen LogP contribution in [0.3, 0.4) is 0 Å². The Morgan fingerprint density at radius 2 is 2.00 bits per heavy atom. The van der Waals surface area contributed by atoms with Crippen molar-refractivity contribution in [3.05, 3.63) is 35.9 Å². The van der Waals surface area contributed by atoms with Crippen LogP contribution in [0.15, 0.2) is 30.3 Å². The summed E-state index contributed by atoms with van der Waals surface area (Å²) in [4.78, 5) is 16.8.